The monoisotopic (exact) mass is 291 g/mol. The highest BCUT2D eigenvalue weighted by molar-refractivity contribution is 5.86. The Morgan fingerprint density at radius 3 is 2.14 bits per heavy atom. The number of hydrogen-bond donors (Lipinski definition) is 2. The number of allylic oxidation sites excluding steroid dienone is 2. The Kier molecular flexibility index (Phi) is 4.32. The van der Waals surface area contributed by atoms with Gasteiger partial charge in [0.05, 0.1) is 11.8 Å². The van der Waals surface area contributed by atoms with E-state index in [1.165, 1.54) is 32.1 Å². The van der Waals surface area contributed by atoms with Crippen LogP contribution in [-0.2, 0) is 9.59 Å². The standard InChI is InChI=1S/C17H25NO3/c19-16(18-10-11-4-2-1-3-5-11)14-12-6-8-13(9-7-12)15(14)17(20)21/h6,8,11-15H,1-5,7,9-10H2,(H,18,19)(H,20,21)/t12-,13+,14-,15-/m0/s1. The molecule has 1 amide bonds. The number of carbonyl (C=O) groups is 2. The van der Waals surface area contributed by atoms with Crippen LogP contribution in [-0.4, -0.2) is 23.5 Å². The summed E-state index contributed by atoms with van der Waals surface area (Å²) in [4.78, 5) is 24.1. The van der Waals surface area contributed by atoms with Gasteiger partial charge >= 0.3 is 5.97 Å². The molecule has 2 bridgehead atoms. The normalized spacial score (nSPS) is 35.6. The number of carboxylic acid groups (broad SMARTS) is 1. The second-order valence-corrected chi connectivity index (χ2v) is 6.93. The molecule has 4 rings (SSSR count). The molecule has 0 aromatic rings. The van der Waals surface area contributed by atoms with Gasteiger partial charge in [0.1, 0.15) is 0 Å². The fourth-order valence-electron chi connectivity index (χ4n) is 4.44. The van der Waals surface area contributed by atoms with Gasteiger partial charge in [0.2, 0.25) is 5.91 Å². The van der Waals surface area contributed by atoms with Crippen LogP contribution in [0.4, 0.5) is 0 Å². The zero-order valence-corrected chi connectivity index (χ0v) is 12.5. The minimum atomic E-state index is -0.813. The smallest absolute Gasteiger partial charge is 0.307 e. The van der Waals surface area contributed by atoms with E-state index in [4.69, 9.17) is 0 Å². The van der Waals surface area contributed by atoms with E-state index in [2.05, 4.69) is 11.4 Å². The van der Waals surface area contributed by atoms with Crippen molar-refractivity contribution in [2.24, 2.45) is 29.6 Å². The number of rotatable bonds is 4. The highest BCUT2D eigenvalue weighted by Gasteiger charge is 2.48. The number of hydrogen-bond acceptors (Lipinski definition) is 2. The fraction of sp³-hybridized carbons (Fsp3) is 0.765. The Morgan fingerprint density at radius 2 is 1.57 bits per heavy atom. The van der Waals surface area contributed by atoms with Gasteiger partial charge in [-0.1, -0.05) is 31.4 Å². The predicted octanol–water partition coefficient (Wildman–Crippen LogP) is 2.60. The summed E-state index contributed by atoms with van der Waals surface area (Å²) in [6, 6.07) is 0. The summed E-state index contributed by atoms with van der Waals surface area (Å²) in [7, 11) is 0. The molecule has 2 N–H and O–H groups in total. The van der Waals surface area contributed by atoms with Gasteiger partial charge < -0.3 is 10.4 Å². The van der Waals surface area contributed by atoms with Gasteiger partial charge in [-0.15, -0.1) is 0 Å². The van der Waals surface area contributed by atoms with Crippen molar-refractivity contribution in [3.8, 4) is 0 Å². The molecule has 2 saturated carbocycles. The van der Waals surface area contributed by atoms with E-state index in [0.29, 0.717) is 5.92 Å². The van der Waals surface area contributed by atoms with Crippen LogP contribution in [0.2, 0.25) is 0 Å². The molecular formula is C17H25NO3. The molecule has 0 unspecified atom stereocenters. The highest BCUT2D eigenvalue weighted by atomic mass is 16.4. The van der Waals surface area contributed by atoms with Crippen LogP contribution in [0.5, 0.6) is 0 Å². The van der Waals surface area contributed by atoms with E-state index in [-0.39, 0.29) is 23.7 Å². The van der Waals surface area contributed by atoms with Gasteiger partial charge in [0.25, 0.3) is 0 Å². The minimum Gasteiger partial charge on any atom is -0.481 e. The van der Waals surface area contributed by atoms with Gasteiger partial charge in [-0.3, -0.25) is 9.59 Å². The molecule has 0 saturated heterocycles. The molecule has 2 fully saturated rings. The Bertz CT molecular complexity index is 439. The lowest BCUT2D eigenvalue weighted by Crippen LogP contribution is -2.49. The SMILES string of the molecule is O=C(O)[C@@H]1[C@@H](C(=O)NCC2CCCCC2)[C@H]2C=C[C@@H]1CC2. The molecule has 0 aromatic carbocycles. The zero-order chi connectivity index (χ0) is 14.8. The maximum absolute atomic E-state index is 12.5. The van der Waals surface area contributed by atoms with Crippen molar-refractivity contribution < 1.29 is 14.7 Å². The number of carbonyl (C=O) groups excluding carboxylic acids is 1. The summed E-state index contributed by atoms with van der Waals surface area (Å²) >= 11 is 0. The molecule has 4 aliphatic rings. The first-order valence-corrected chi connectivity index (χ1v) is 8.35. The number of carboxylic acids is 1. The van der Waals surface area contributed by atoms with Crippen LogP contribution in [0.25, 0.3) is 0 Å². The van der Waals surface area contributed by atoms with E-state index in [1.807, 2.05) is 6.08 Å². The third kappa shape index (κ3) is 2.99. The quantitative estimate of drug-likeness (QED) is 0.782. The third-order valence-electron chi connectivity index (χ3n) is 5.63. The van der Waals surface area contributed by atoms with Crippen LogP contribution in [0.3, 0.4) is 0 Å². The Labute approximate surface area is 126 Å². The van der Waals surface area contributed by atoms with Crippen LogP contribution >= 0.6 is 0 Å². The van der Waals surface area contributed by atoms with Crippen molar-refractivity contribution in [1.82, 2.24) is 5.32 Å². The lowest BCUT2D eigenvalue weighted by Gasteiger charge is -2.42. The third-order valence-corrected chi connectivity index (χ3v) is 5.63. The predicted molar refractivity (Wildman–Crippen MR) is 79.6 cm³/mol. The van der Waals surface area contributed by atoms with Crippen LogP contribution < -0.4 is 5.32 Å². The average Bonchev–Trinajstić information content (AvgIpc) is 2.53. The van der Waals surface area contributed by atoms with E-state index < -0.39 is 11.9 Å². The molecule has 0 aromatic heterocycles. The molecular weight excluding hydrogens is 266 g/mol. The topological polar surface area (TPSA) is 66.4 Å². The summed E-state index contributed by atoms with van der Waals surface area (Å²) in [6.07, 6.45) is 12.2. The largest absolute Gasteiger partial charge is 0.481 e. The number of aliphatic carboxylic acids is 1. The van der Waals surface area contributed by atoms with Crippen LogP contribution in [0.1, 0.15) is 44.9 Å². The van der Waals surface area contributed by atoms with Crippen molar-refractivity contribution >= 4 is 11.9 Å². The van der Waals surface area contributed by atoms with Gasteiger partial charge in [0.15, 0.2) is 0 Å². The summed E-state index contributed by atoms with van der Waals surface area (Å²) in [5.41, 5.74) is 0. The van der Waals surface area contributed by atoms with Crippen LogP contribution in [0.15, 0.2) is 12.2 Å². The Hall–Kier alpha value is -1.32. The maximum Gasteiger partial charge on any atom is 0.307 e. The fourth-order valence-corrected chi connectivity index (χ4v) is 4.44. The van der Waals surface area contributed by atoms with E-state index in [0.717, 1.165) is 19.4 Å². The van der Waals surface area contributed by atoms with Gasteiger partial charge in [0, 0.05) is 6.54 Å². The first-order valence-electron chi connectivity index (χ1n) is 8.35. The molecule has 0 radical (unpaired) electrons. The van der Waals surface area contributed by atoms with Crippen molar-refractivity contribution in [1.29, 1.82) is 0 Å². The molecule has 116 valence electrons. The number of amides is 1. The second kappa shape index (κ2) is 6.20. The summed E-state index contributed by atoms with van der Waals surface area (Å²) < 4.78 is 0. The van der Waals surface area contributed by atoms with Gasteiger partial charge in [-0.25, -0.2) is 0 Å². The average molecular weight is 291 g/mol. The van der Waals surface area contributed by atoms with Gasteiger partial charge in [-0.05, 0) is 43.4 Å². The Morgan fingerprint density at radius 1 is 0.952 bits per heavy atom. The zero-order valence-electron chi connectivity index (χ0n) is 12.5. The number of nitrogens with one attached hydrogen (secondary N) is 1. The summed E-state index contributed by atoms with van der Waals surface area (Å²) in [5, 5.41) is 12.5. The minimum absolute atomic E-state index is 0.0352. The van der Waals surface area contributed by atoms with Crippen molar-refractivity contribution in [3.05, 3.63) is 12.2 Å². The molecule has 4 heteroatoms. The van der Waals surface area contributed by atoms with Crippen molar-refractivity contribution in [2.75, 3.05) is 6.54 Å². The molecule has 4 nitrogen and oxygen atoms in total. The van der Waals surface area contributed by atoms with E-state index >= 15 is 0 Å². The lowest BCUT2D eigenvalue weighted by atomic mass is 9.62. The highest BCUT2D eigenvalue weighted by Crippen LogP contribution is 2.45. The molecule has 21 heavy (non-hydrogen) atoms. The molecule has 0 aliphatic heterocycles. The van der Waals surface area contributed by atoms with E-state index in [9.17, 15) is 14.7 Å². The van der Waals surface area contributed by atoms with Crippen molar-refractivity contribution in [3.63, 3.8) is 0 Å². The summed E-state index contributed by atoms with van der Waals surface area (Å²) in [5.74, 6) is -1.00. The van der Waals surface area contributed by atoms with Crippen LogP contribution in [0, 0.1) is 29.6 Å². The number of fused-ring (bicyclic) bond motifs is 2. The van der Waals surface area contributed by atoms with Gasteiger partial charge in [-0.2, -0.15) is 0 Å². The first kappa shape index (κ1) is 14.6. The maximum atomic E-state index is 12.5. The lowest BCUT2D eigenvalue weighted by molar-refractivity contribution is -0.153. The van der Waals surface area contributed by atoms with Crippen molar-refractivity contribution in [2.45, 2.75) is 44.9 Å². The summed E-state index contributed by atoms with van der Waals surface area (Å²) in [6.45, 7) is 0.725. The molecule has 4 atom stereocenters. The second-order valence-electron chi connectivity index (χ2n) is 6.93. The first-order chi connectivity index (χ1) is 10.2. The van der Waals surface area contributed by atoms with E-state index in [1.54, 1.807) is 0 Å². The Balaban J connectivity index is 1.62. The molecule has 4 aliphatic carbocycles. The molecule has 0 spiro atoms. The molecule has 0 heterocycles.